The molecule has 6 heteroatoms. The summed E-state index contributed by atoms with van der Waals surface area (Å²) in [4.78, 5) is 13.9. The molecule has 0 saturated carbocycles. The number of carbonyl (C=O) groups is 1. The molecule has 1 aromatic carbocycles. The summed E-state index contributed by atoms with van der Waals surface area (Å²) >= 11 is 0. The molecule has 2 unspecified atom stereocenters. The van der Waals surface area contributed by atoms with Gasteiger partial charge in [0.2, 0.25) is 0 Å². The zero-order chi connectivity index (χ0) is 14.1. The summed E-state index contributed by atoms with van der Waals surface area (Å²) in [6, 6.07) is 4.23. The molecule has 0 spiro atoms. The Morgan fingerprint density at radius 1 is 1.40 bits per heavy atom. The van der Waals surface area contributed by atoms with Gasteiger partial charge in [-0.2, -0.15) is 0 Å². The number of rotatable bonds is 1. The van der Waals surface area contributed by atoms with Gasteiger partial charge in [-0.1, -0.05) is 0 Å². The number of nitrogens with one attached hydrogen (secondary N) is 2. The van der Waals surface area contributed by atoms with Crippen LogP contribution in [0, 0.1) is 0 Å². The Balaban J connectivity index is 1.81. The Hall–Kier alpha value is -1.82. The first-order valence-electron chi connectivity index (χ1n) is 6.89. The molecule has 2 atom stereocenters. The summed E-state index contributed by atoms with van der Waals surface area (Å²) in [6.07, 6.45) is 0.194. The average molecular weight is 279 g/mol. The number of piperidine rings is 1. The first-order valence-corrected chi connectivity index (χ1v) is 6.89. The first-order chi connectivity index (χ1) is 9.65. The van der Waals surface area contributed by atoms with Gasteiger partial charge in [0.15, 0.2) is 0 Å². The van der Waals surface area contributed by atoms with E-state index in [0.717, 1.165) is 12.1 Å². The molecule has 1 fully saturated rings. The minimum absolute atomic E-state index is 0.177. The van der Waals surface area contributed by atoms with Crippen LogP contribution in [0.4, 0.5) is 14.9 Å². The number of hydrogen-bond donors (Lipinski definition) is 3. The van der Waals surface area contributed by atoms with E-state index in [2.05, 4.69) is 10.6 Å². The number of urea groups is 1. The van der Waals surface area contributed by atoms with Crippen molar-refractivity contribution in [3.8, 4) is 5.75 Å². The van der Waals surface area contributed by atoms with Gasteiger partial charge < -0.3 is 20.6 Å². The lowest BCUT2D eigenvalue weighted by Crippen LogP contribution is -2.54. The molecule has 3 rings (SSSR count). The van der Waals surface area contributed by atoms with Crippen molar-refractivity contribution in [1.29, 1.82) is 0 Å². The molecule has 2 aliphatic rings. The van der Waals surface area contributed by atoms with Crippen molar-refractivity contribution in [3.05, 3.63) is 23.8 Å². The molecule has 2 heterocycles. The highest BCUT2D eigenvalue weighted by Crippen LogP contribution is 2.27. The van der Waals surface area contributed by atoms with Crippen molar-refractivity contribution in [3.63, 3.8) is 0 Å². The zero-order valence-electron chi connectivity index (χ0n) is 11.1. The van der Waals surface area contributed by atoms with Crippen LogP contribution in [0.25, 0.3) is 0 Å². The van der Waals surface area contributed by atoms with Crippen molar-refractivity contribution in [1.82, 2.24) is 10.2 Å². The largest absolute Gasteiger partial charge is 0.508 e. The van der Waals surface area contributed by atoms with Gasteiger partial charge in [-0.05, 0) is 43.1 Å². The third-order valence-electron chi connectivity index (χ3n) is 3.99. The number of amides is 2. The van der Waals surface area contributed by atoms with Gasteiger partial charge in [-0.15, -0.1) is 0 Å². The van der Waals surface area contributed by atoms with Crippen LogP contribution in [0.15, 0.2) is 18.2 Å². The number of anilines is 1. The van der Waals surface area contributed by atoms with Gasteiger partial charge in [0.1, 0.15) is 11.9 Å². The van der Waals surface area contributed by atoms with Crippen molar-refractivity contribution in [2.45, 2.75) is 25.1 Å². The Morgan fingerprint density at radius 2 is 2.25 bits per heavy atom. The molecule has 0 radical (unpaired) electrons. The second-order valence-corrected chi connectivity index (χ2v) is 5.29. The van der Waals surface area contributed by atoms with E-state index in [-0.39, 0.29) is 17.8 Å². The van der Waals surface area contributed by atoms with Crippen molar-refractivity contribution in [2.75, 3.05) is 25.0 Å². The maximum absolute atomic E-state index is 14.0. The van der Waals surface area contributed by atoms with Crippen LogP contribution < -0.4 is 10.6 Å². The van der Waals surface area contributed by atoms with Crippen LogP contribution in [0.2, 0.25) is 0 Å². The van der Waals surface area contributed by atoms with Crippen LogP contribution in [0.5, 0.6) is 5.75 Å². The standard InChI is InChI=1S/C14H18FN3O2/c15-11-8-16-5-3-13(11)18-6-4-9-7-10(19)1-2-12(9)17-14(18)20/h1-2,7,11,13,16,19H,3-6,8H2,(H,17,20). The fourth-order valence-electron chi connectivity index (χ4n) is 2.91. The normalized spacial score (nSPS) is 26.6. The van der Waals surface area contributed by atoms with Crippen LogP contribution in [-0.2, 0) is 6.42 Å². The molecule has 2 aliphatic heterocycles. The number of phenols is 1. The molecule has 0 aliphatic carbocycles. The summed E-state index contributed by atoms with van der Waals surface area (Å²) in [5.41, 5.74) is 1.57. The predicted molar refractivity (Wildman–Crippen MR) is 73.7 cm³/mol. The molecule has 0 bridgehead atoms. The summed E-state index contributed by atoms with van der Waals surface area (Å²) in [5, 5.41) is 15.3. The van der Waals surface area contributed by atoms with Gasteiger partial charge >= 0.3 is 6.03 Å². The summed E-state index contributed by atoms with van der Waals surface area (Å²) in [6.45, 7) is 1.48. The third-order valence-corrected chi connectivity index (χ3v) is 3.99. The molecule has 0 aromatic heterocycles. The van der Waals surface area contributed by atoms with Gasteiger partial charge in [0.05, 0.1) is 6.04 Å². The van der Waals surface area contributed by atoms with Crippen LogP contribution in [-0.4, -0.2) is 47.9 Å². The van der Waals surface area contributed by atoms with Crippen LogP contribution >= 0.6 is 0 Å². The number of halogens is 1. The number of hydrogen-bond acceptors (Lipinski definition) is 3. The van der Waals surface area contributed by atoms with Gasteiger partial charge in [0.25, 0.3) is 0 Å². The number of benzene rings is 1. The number of phenolic OH excluding ortho intramolecular Hbond substituents is 1. The van der Waals surface area contributed by atoms with Gasteiger partial charge in [-0.25, -0.2) is 9.18 Å². The maximum Gasteiger partial charge on any atom is 0.322 e. The number of fused-ring (bicyclic) bond motifs is 1. The minimum atomic E-state index is -1.04. The summed E-state index contributed by atoms with van der Waals surface area (Å²) in [7, 11) is 0. The van der Waals surface area contributed by atoms with Crippen LogP contribution in [0.3, 0.4) is 0 Å². The lowest BCUT2D eigenvalue weighted by Gasteiger charge is -2.35. The Labute approximate surface area is 116 Å². The van der Waals surface area contributed by atoms with E-state index in [1.54, 1.807) is 17.0 Å². The second-order valence-electron chi connectivity index (χ2n) is 5.29. The smallest absolute Gasteiger partial charge is 0.322 e. The van der Waals surface area contributed by atoms with E-state index in [1.165, 1.54) is 6.07 Å². The van der Waals surface area contributed by atoms with E-state index in [0.29, 0.717) is 31.6 Å². The summed E-state index contributed by atoms with van der Waals surface area (Å²) < 4.78 is 14.0. The Morgan fingerprint density at radius 3 is 3.05 bits per heavy atom. The van der Waals surface area contributed by atoms with E-state index >= 15 is 0 Å². The topological polar surface area (TPSA) is 64.6 Å². The quantitative estimate of drug-likeness (QED) is 0.682. The van der Waals surface area contributed by atoms with Gasteiger partial charge in [-0.3, -0.25) is 0 Å². The monoisotopic (exact) mass is 279 g/mol. The van der Waals surface area contributed by atoms with Crippen molar-refractivity contribution >= 4 is 11.7 Å². The lowest BCUT2D eigenvalue weighted by molar-refractivity contribution is 0.110. The predicted octanol–water partition coefficient (Wildman–Crippen LogP) is 1.48. The fraction of sp³-hybridized carbons (Fsp3) is 0.500. The molecule has 5 nitrogen and oxygen atoms in total. The molecule has 108 valence electrons. The molecule has 1 aromatic rings. The van der Waals surface area contributed by atoms with Crippen molar-refractivity contribution in [2.24, 2.45) is 0 Å². The van der Waals surface area contributed by atoms with Gasteiger partial charge in [0, 0.05) is 18.8 Å². The highest BCUT2D eigenvalue weighted by atomic mass is 19.1. The third kappa shape index (κ3) is 2.43. The van der Waals surface area contributed by atoms with E-state index in [1.807, 2.05) is 0 Å². The minimum Gasteiger partial charge on any atom is -0.508 e. The van der Waals surface area contributed by atoms with Crippen molar-refractivity contribution < 1.29 is 14.3 Å². The average Bonchev–Trinajstić information content (AvgIpc) is 2.58. The second kappa shape index (κ2) is 5.28. The molecular weight excluding hydrogens is 261 g/mol. The highest BCUT2D eigenvalue weighted by Gasteiger charge is 2.34. The molecule has 3 N–H and O–H groups in total. The highest BCUT2D eigenvalue weighted by molar-refractivity contribution is 5.91. The van der Waals surface area contributed by atoms with Crippen LogP contribution in [0.1, 0.15) is 12.0 Å². The molecule has 2 amide bonds. The summed E-state index contributed by atoms with van der Waals surface area (Å²) in [5.74, 6) is 0.177. The lowest BCUT2D eigenvalue weighted by atomic mass is 10.0. The fourth-order valence-corrected chi connectivity index (χ4v) is 2.91. The maximum atomic E-state index is 14.0. The zero-order valence-corrected chi connectivity index (χ0v) is 11.1. The number of alkyl halides is 1. The SMILES string of the molecule is O=C1Nc2ccc(O)cc2CCN1C1CCNCC1F. The Bertz CT molecular complexity index is 523. The molecule has 1 saturated heterocycles. The molecule has 20 heavy (non-hydrogen) atoms. The number of carbonyl (C=O) groups excluding carboxylic acids is 1. The number of nitrogens with zero attached hydrogens (tertiary/aromatic N) is 1. The molecular formula is C14H18FN3O2. The first kappa shape index (κ1) is 13.2. The Kier molecular flexibility index (Phi) is 3.48. The van der Waals surface area contributed by atoms with E-state index in [4.69, 9.17) is 0 Å². The van der Waals surface area contributed by atoms with E-state index < -0.39 is 6.17 Å². The number of aromatic hydroxyl groups is 1. The van der Waals surface area contributed by atoms with E-state index in [9.17, 15) is 14.3 Å².